The van der Waals surface area contributed by atoms with Crippen LogP contribution in [-0.2, 0) is 6.54 Å². The molecule has 3 aromatic carbocycles. The van der Waals surface area contributed by atoms with E-state index in [1.807, 2.05) is 65.6 Å². The van der Waals surface area contributed by atoms with E-state index in [0.717, 1.165) is 46.2 Å². The zero-order chi connectivity index (χ0) is 20.5. The van der Waals surface area contributed by atoms with Crippen molar-refractivity contribution in [3.05, 3.63) is 78.1 Å². The Kier molecular flexibility index (Phi) is 4.77. The van der Waals surface area contributed by atoms with E-state index >= 15 is 0 Å². The van der Waals surface area contributed by atoms with Gasteiger partial charge in [-0.25, -0.2) is 9.97 Å². The summed E-state index contributed by atoms with van der Waals surface area (Å²) in [5.74, 6) is 1.33. The lowest BCUT2D eigenvalue weighted by Gasteiger charge is -2.34. The molecule has 0 atom stereocenters. The fraction of sp³-hybridized carbons (Fsp3) is 0.208. The van der Waals surface area contributed by atoms with Crippen LogP contribution in [0.5, 0.6) is 0 Å². The van der Waals surface area contributed by atoms with E-state index in [1.165, 1.54) is 0 Å². The van der Waals surface area contributed by atoms with Crippen LogP contribution in [0.3, 0.4) is 0 Å². The van der Waals surface area contributed by atoms with Crippen molar-refractivity contribution in [3.63, 3.8) is 0 Å². The van der Waals surface area contributed by atoms with Crippen LogP contribution < -0.4 is 5.73 Å². The maximum Gasteiger partial charge on any atom is 0.253 e. The van der Waals surface area contributed by atoms with E-state index in [0.29, 0.717) is 25.5 Å². The summed E-state index contributed by atoms with van der Waals surface area (Å²) >= 11 is 0. The number of amides is 1. The largest absolute Gasteiger partial charge is 0.383 e. The van der Waals surface area contributed by atoms with E-state index in [4.69, 9.17) is 5.73 Å². The van der Waals surface area contributed by atoms with Crippen molar-refractivity contribution in [2.75, 3.05) is 31.9 Å². The number of piperazine rings is 1. The molecule has 2 heterocycles. The first-order chi connectivity index (χ1) is 14.7. The molecule has 150 valence electrons. The van der Waals surface area contributed by atoms with Crippen molar-refractivity contribution in [1.29, 1.82) is 0 Å². The molecule has 5 rings (SSSR count). The number of fused-ring (bicyclic) bond motifs is 2. The zero-order valence-corrected chi connectivity index (χ0v) is 16.7. The maximum atomic E-state index is 13.0. The third kappa shape index (κ3) is 3.57. The van der Waals surface area contributed by atoms with Gasteiger partial charge in [0.2, 0.25) is 0 Å². The van der Waals surface area contributed by atoms with Gasteiger partial charge in [-0.15, -0.1) is 0 Å². The number of para-hydroxylation sites is 1. The quantitative estimate of drug-likeness (QED) is 0.574. The Balaban J connectivity index is 1.25. The van der Waals surface area contributed by atoms with E-state index in [9.17, 15) is 4.79 Å². The van der Waals surface area contributed by atoms with Gasteiger partial charge in [0.05, 0.1) is 12.1 Å². The highest BCUT2D eigenvalue weighted by atomic mass is 16.2. The van der Waals surface area contributed by atoms with Gasteiger partial charge in [-0.05, 0) is 35.0 Å². The van der Waals surface area contributed by atoms with Crippen LogP contribution >= 0.6 is 0 Å². The van der Waals surface area contributed by atoms with Gasteiger partial charge in [0.25, 0.3) is 5.91 Å². The molecule has 1 aliphatic heterocycles. The summed E-state index contributed by atoms with van der Waals surface area (Å²) in [6.07, 6.45) is 0. The Morgan fingerprint density at radius 1 is 0.867 bits per heavy atom. The van der Waals surface area contributed by atoms with Crippen LogP contribution in [0.25, 0.3) is 21.7 Å². The predicted molar refractivity (Wildman–Crippen MR) is 119 cm³/mol. The van der Waals surface area contributed by atoms with Crippen LogP contribution in [-0.4, -0.2) is 51.9 Å². The molecule has 0 unspecified atom stereocenters. The van der Waals surface area contributed by atoms with Gasteiger partial charge >= 0.3 is 0 Å². The van der Waals surface area contributed by atoms with Crippen LogP contribution in [0.4, 0.5) is 5.82 Å². The van der Waals surface area contributed by atoms with Crippen molar-refractivity contribution in [3.8, 4) is 0 Å². The summed E-state index contributed by atoms with van der Waals surface area (Å²) in [6, 6.07) is 21.8. The van der Waals surface area contributed by atoms with Gasteiger partial charge < -0.3 is 10.6 Å². The number of hydrogen-bond acceptors (Lipinski definition) is 5. The molecule has 1 fully saturated rings. The second kappa shape index (κ2) is 7.72. The predicted octanol–water partition coefficient (Wildman–Crippen LogP) is 3.32. The molecule has 0 spiro atoms. The smallest absolute Gasteiger partial charge is 0.253 e. The van der Waals surface area contributed by atoms with Gasteiger partial charge in [-0.3, -0.25) is 9.69 Å². The average Bonchev–Trinajstić information content (AvgIpc) is 2.79. The number of benzene rings is 3. The number of nitrogens with two attached hydrogens (primary N) is 1. The van der Waals surface area contributed by atoms with Gasteiger partial charge in [0.15, 0.2) is 0 Å². The molecule has 0 aliphatic carbocycles. The summed E-state index contributed by atoms with van der Waals surface area (Å²) in [5, 5.41) is 3.12. The highest BCUT2D eigenvalue weighted by molar-refractivity contribution is 5.98. The molecule has 0 saturated carbocycles. The van der Waals surface area contributed by atoms with Crippen molar-refractivity contribution < 1.29 is 4.79 Å². The molecule has 6 heteroatoms. The summed E-state index contributed by atoms with van der Waals surface area (Å²) < 4.78 is 0. The van der Waals surface area contributed by atoms with Crippen LogP contribution in [0.1, 0.15) is 16.2 Å². The van der Waals surface area contributed by atoms with Gasteiger partial charge in [-0.1, -0.05) is 42.5 Å². The zero-order valence-electron chi connectivity index (χ0n) is 16.7. The number of anilines is 1. The highest BCUT2D eigenvalue weighted by Crippen LogP contribution is 2.20. The number of carbonyl (C=O) groups is 1. The van der Waals surface area contributed by atoms with Crippen molar-refractivity contribution in [2.45, 2.75) is 6.54 Å². The summed E-state index contributed by atoms with van der Waals surface area (Å²) in [7, 11) is 0. The van der Waals surface area contributed by atoms with E-state index in [-0.39, 0.29) is 5.91 Å². The molecule has 4 aromatic rings. The lowest BCUT2D eigenvalue weighted by molar-refractivity contribution is 0.0626. The molecule has 1 amide bonds. The number of rotatable bonds is 3. The minimum atomic E-state index is 0.0894. The number of nitrogen functional groups attached to an aromatic ring is 1. The van der Waals surface area contributed by atoms with Crippen molar-refractivity contribution in [1.82, 2.24) is 19.8 Å². The van der Waals surface area contributed by atoms with E-state index < -0.39 is 0 Å². The topological polar surface area (TPSA) is 75.3 Å². The Hall–Kier alpha value is -3.51. The summed E-state index contributed by atoms with van der Waals surface area (Å²) in [5.41, 5.74) is 7.71. The second-order valence-corrected chi connectivity index (χ2v) is 7.67. The van der Waals surface area contributed by atoms with Crippen molar-refractivity contribution >= 4 is 33.4 Å². The average molecular weight is 397 g/mol. The second-order valence-electron chi connectivity index (χ2n) is 7.67. The molecule has 2 N–H and O–H groups in total. The first-order valence-corrected chi connectivity index (χ1v) is 10.2. The van der Waals surface area contributed by atoms with Gasteiger partial charge in [0, 0.05) is 37.1 Å². The molecule has 1 aliphatic rings. The molecule has 1 aromatic heterocycles. The standard InChI is InChI=1S/C24H23N5O/c25-23-20-7-3-4-8-21(20)26-22(27-23)16-28-11-13-29(14-12-28)24(30)19-10-9-17-5-1-2-6-18(17)15-19/h1-10,15H,11-14,16H2,(H2,25,26,27). The maximum absolute atomic E-state index is 13.0. The number of carbonyl (C=O) groups excluding carboxylic acids is 1. The molecule has 0 radical (unpaired) electrons. The molecular weight excluding hydrogens is 374 g/mol. The summed E-state index contributed by atoms with van der Waals surface area (Å²) in [6.45, 7) is 3.58. The first kappa shape index (κ1) is 18.5. The molecule has 6 nitrogen and oxygen atoms in total. The minimum absolute atomic E-state index is 0.0894. The van der Waals surface area contributed by atoms with E-state index in [1.54, 1.807) is 0 Å². The Morgan fingerprint density at radius 3 is 2.43 bits per heavy atom. The fourth-order valence-corrected chi connectivity index (χ4v) is 4.04. The van der Waals surface area contributed by atoms with Crippen LogP contribution in [0.15, 0.2) is 66.7 Å². The van der Waals surface area contributed by atoms with Crippen LogP contribution in [0.2, 0.25) is 0 Å². The Bertz CT molecular complexity index is 1230. The third-order valence-electron chi connectivity index (χ3n) is 5.70. The normalized spacial score (nSPS) is 15.0. The van der Waals surface area contributed by atoms with Crippen LogP contribution in [0, 0.1) is 0 Å². The minimum Gasteiger partial charge on any atom is -0.383 e. The highest BCUT2D eigenvalue weighted by Gasteiger charge is 2.23. The van der Waals surface area contributed by atoms with Gasteiger partial charge in [-0.2, -0.15) is 0 Å². The number of nitrogens with zero attached hydrogens (tertiary/aromatic N) is 4. The number of hydrogen-bond donors (Lipinski definition) is 1. The monoisotopic (exact) mass is 397 g/mol. The molecule has 30 heavy (non-hydrogen) atoms. The summed E-state index contributed by atoms with van der Waals surface area (Å²) in [4.78, 5) is 26.3. The SMILES string of the molecule is Nc1nc(CN2CCN(C(=O)c3ccc4ccccc4c3)CC2)nc2ccccc12. The Labute approximate surface area is 174 Å². The molecule has 1 saturated heterocycles. The lowest BCUT2D eigenvalue weighted by atomic mass is 10.1. The molecular formula is C24H23N5O. The van der Waals surface area contributed by atoms with E-state index in [2.05, 4.69) is 20.9 Å². The number of aromatic nitrogens is 2. The fourth-order valence-electron chi connectivity index (χ4n) is 4.04. The van der Waals surface area contributed by atoms with Crippen molar-refractivity contribution in [2.24, 2.45) is 0 Å². The lowest BCUT2D eigenvalue weighted by Crippen LogP contribution is -2.48. The van der Waals surface area contributed by atoms with Gasteiger partial charge in [0.1, 0.15) is 11.6 Å². The molecule has 0 bridgehead atoms. The Morgan fingerprint density at radius 2 is 1.60 bits per heavy atom. The third-order valence-corrected chi connectivity index (χ3v) is 5.70. The first-order valence-electron chi connectivity index (χ1n) is 10.2.